The van der Waals surface area contributed by atoms with Crippen molar-refractivity contribution in [3.63, 3.8) is 0 Å². The molecule has 0 N–H and O–H groups in total. The lowest BCUT2D eigenvalue weighted by Crippen LogP contribution is -1.98. The zero-order valence-electron chi connectivity index (χ0n) is 8.78. The second-order valence-corrected chi connectivity index (χ2v) is 3.73. The van der Waals surface area contributed by atoms with Crippen LogP contribution in [-0.4, -0.2) is 9.97 Å². The van der Waals surface area contributed by atoms with E-state index in [9.17, 15) is 0 Å². The molecule has 0 saturated carbocycles. The molecule has 1 unspecified atom stereocenters. The van der Waals surface area contributed by atoms with E-state index in [1.165, 1.54) is 0 Å². The van der Waals surface area contributed by atoms with Crippen molar-refractivity contribution in [1.29, 1.82) is 0 Å². The molecular formula is C12H14N2. The molecule has 2 nitrogen and oxygen atoms in total. The fourth-order valence-corrected chi connectivity index (χ4v) is 1.64. The topological polar surface area (TPSA) is 25.8 Å². The molecule has 2 rings (SSSR count). The molecule has 1 aromatic heterocycles. The Balaban J connectivity index is 2.62. The van der Waals surface area contributed by atoms with Crippen LogP contribution >= 0.6 is 0 Å². The lowest BCUT2D eigenvalue weighted by Gasteiger charge is -2.04. The minimum atomic E-state index is 0.476. The summed E-state index contributed by atoms with van der Waals surface area (Å²) in [5.41, 5.74) is 3.24. The van der Waals surface area contributed by atoms with E-state index in [2.05, 4.69) is 41.2 Å². The van der Waals surface area contributed by atoms with E-state index in [1.807, 2.05) is 13.8 Å². The van der Waals surface area contributed by atoms with Crippen molar-refractivity contribution in [2.24, 2.45) is 5.92 Å². The third-order valence-corrected chi connectivity index (χ3v) is 2.40. The molecule has 0 radical (unpaired) electrons. The molecule has 72 valence electrons. The molecule has 2 heteroatoms. The largest absolute Gasteiger partial charge is 0.238 e. The zero-order chi connectivity index (χ0) is 10.1. The SMILES string of the molecule is Cc1nc(C)c2c(n1)C=CC(C)C=C2. The van der Waals surface area contributed by atoms with Gasteiger partial charge < -0.3 is 0 Å². The lowest BCUT2D eigenvalue weighted by molar-refractivity contribution is 0.953. The van der Waals surface area contributed by atoms with Crippen molar-refractivity contribution < 1.29 is 0 Å². The van der Waals surface area contributed by atoms with E-state index in [1.54, 1.807) is 0 Å². The van der Waals surface area contributed by atoms with Crippen LogP contribution in [-0.2, 0) is 0 Å². The highest BCUT2D eigenvalue weighted by molar-refractivity contribution is 5.66. The molecule has 0 amide bonds. The Morgan fingerprint density at radius 1 is 1.07 bits per heavy atom. The quantitative estimate of drug-likeness (QED) is 0.622. The van der Waals surface area contributed by atoms with Crippen LogP contribution in [0.25, 0.3) is 12.2 Å². The van der Waals surface area contributed by atoms with E-state index in [-0.39, 0.29) is 0 Å². The number of aromatic nitrogens is 2. The first kappa shape index (κ1) is 9.13. The number of rotatable bonds is 0. The number of fused-ring (bicyclic) bond motifs is 1. The van der Waals surface area contributed by atoms with Gasteiger partial charge >= 0.3 is 0 Å². The Hall–Kier alpha value is -1.44. The van der Waals surface area contributed by atoms with Gasteiger partial charge in [0.1, 0.15) is 5.82 Å². The predicted molar refractivity (Wildman–Crippen MR) is 58.7 cm³/mol. The molecule has 1 aliphatic rings. The van der Waals surface area contributed by atoms with Gasteiger partial charge in [0.25, 0.3) is 0 Å². The number of nitrogens with zero attached hydrogens (tertiary/aromatic N) is 2. The summed E-state index contributed by atoms with van der Waals surface area (Å²) < 4.78 is 0. The van der Waals surface area contributed by atoms with Gasteiger partial charge in [0.2, 0.25) is 0 Å². The molecule has 0 saturated heterocycles. The maximum absolute atomic E-state index is 4.42. The van der Waals surface area contributed by atoms with Gasteiger partial charge in [-0.3, -0.25) is 0 Å². The summed E-state index contributed by atoms with van der Waals surface area (Å²) in [5, 5.41) is 0. The Morgan fingerprint density at radius 2 is 1.79 bits per heavy atom. The third-order valence-electron chi connectivity index (χ3n) is 2.40. The van der Waals surface area contributed by atoms with Crippen molar-refractivity contribution in [2.75, 3.05) is 0 Å². The smallest absolute Gasteiger partial charge is 0.126 e. The van der Waals surface area contributed by atoms with E-state index < -0.39 is 0 Å². The molecular weight excluding hydrogens is 172 g/mol. The van der Waals surface area contributed by atoms with Gasteiger partial charge in [0.15, 0.2) is 0 Å². The first-order chi connectivity index (χ1) is 6.66. The highest BCUT2D eigenvalue weighted by Crippen LogP contribution is 2.20. The summed E-state index contributed by atoms with van der Waals surface area (Å²) in [4.78, 5) is 8.78. The second-order valence-electron chi connectivity index (χ2n) is 3.73. The number of hydrogen-bond donors (Lipinski definition) is 0. The van der Waals surface area contributed by atoms with Crippen LogP contribution in [0, 0.1) is 19.8 Å². The van der Waals surface area contributed by atoms with Crippen LogP contribution in [0.1, 0.15) is 29.7 Å². The molecule has 0 aliphatic heterocycles. The first-order valence-corrected chi connectivity index (χ1v) is 4.88. The molecule has 1 aromatic rings. The van der Waals surface area contributed by atoms with Crippen molar-refractivity contribution in [1.82, 2.24) is 9.97 Å². The minimum Gasteiger partial charge on any atom is -0.238 e. The van der Waals surface area contributed by atoms with Crippen LogP contribution in [0.5, 0.6) is 0 Å². The van der Waals surface area contributed by atoms with Gasteiger partial charge in [0.05, 0.1) is 5.69 Å². The molecule has 0 fully saturated rings. The van der Waals surface area contributed by atoms with Gasteiger partial charge in [-0.25, -0.2) is 9.97 Å². The molecule has 14 heavy (non-hydrogen) atoms. The fourth-order valence-electron chi connectivity index (χ4n) is 1.64. The van der Waals surface area contributed by atoms with Gasteiger partial charge in [-0.15, -0.1) is 0 Å². The molecule has 1 heterocycles. The average Bonchev–Trinajstić information content (AvgIpc) is 2.28. The van der Waals surface area contributed by atoms with Crippen molar-refractivity contribution in [3.8, 4) is 0 Å². The summed E-state index contributed by atoms with van der Waals surface area (Å²) in [7, 11) is 0. The zero-order valence-corrected chi connectivity index (χ0v) is 8.78. The Morgan fingerprint density at radius 3 is 2.57 bits per heavy atom. The Kier molecular flexibility index (Phi) is 2.20. The third kappa shape index (κ3) is 1.60. The van der Waals surface area contributed by atoms with Crippen LogP contribution in [0.4, 0.5) is 0 Å². The summed E-state index contributed by atoms with van der Waals surface area (Å²) in [6.45, 7) is 6.12. The molecule has 0 aromatic carbocycles. The normalized spacial score (nSPS) is 19.2. The fraction of sp³-hybridized carbons (Fsp3) is 0.333. The molecule has 1 atom stereocenters. The molecule has 1 aliphatic carbocycles. The van der Waals surface area contributed by atoms with Gasteiger partial charge in [-0.1, -0.05) is 25.2 Å². The molecule has 0 spiro atoms. The Labute approximate surface area is 84.4 Å². The Bertz CT molecular complexity index is 417. The van der Waals surface area contributed by atoms with Crippen molar-refractivity contribution in [3.05, 3.63) is 34.9 Å². The highest BCUT2D eigenvalue weighted by Gasteiger charge is 2.07. The number of aryl methyl sites for hydroxylation is 2. The lowest BCUT2D eigenvalue weighted by atomic mass is 10.1. The van der Waals surface area contributed by atoms with E-state index >= 15 is 0 Å². The standard InChI is InChI=1S/C12H14N2/c1-8-4-6-11-9(2)13-10(3)14-12(11)7-5-8/h4-8H,1-3H3. The average molecular weight is 186 g/mol. The monoisotopic (exact) mass is 186 g/mol. The minimum absolute atomic E-state index is 0.476. The van der Waals surface area contributed by atoms with Crippen LogP contribution in [0.3, 0.4) is 0 Å². The van der Waals surface area contributed by atoms with Crippen molar-refractivity contribution in [2.45, 2.75) is 20.8 Å². The second kappa shape index (κ2) is 3.37. The van der Waals surface area contributed by atoms with Gasteiger partial charge in [-0.05, 0) is 25.8 Å². The van der Waals surface area contributed by atoms with Gasteiger partial charge in [-0.2, -0.15) is 0 Å². The summed E-state index contributed by atoms with van der Waals surface area (Å²) in [6, 6.07) is 0. The summed E-state index contributed by atoms with van der Waals surface area (Å²) in [6.07, 6.45) is 8.54. The van der Waals surface area contributed by atoms with Crippen LogP contribution < -0.4 is 0 Å². The van der Waals surface area contributed by atoms with Crippen LogP contribution in [0.2, 0.25) is 0 Å². The maximum Gasteiger partial charge on any atom is 0.126 e. The van der Waals surface area contributed by atoms with E-state index in [4.69, 9.17) is 0 Å². The highest BCUT2D eigenvalue weighted by atomic mass is 14.9. The number of allylic oxidation sites excluding steroid dienone is 2. The van der Waals surface area contributed by atoms with Crippen molar-refractivity contribution >= 4 is 12.2 Å². The van der Waals surface area contributed by atoms with E-state index in [0.29, 0.717) is 5.92 Å². The predicted octanol–water partition coefficient (Wildman–Crippen LogP) is 2.77. The summed E-state index contributed by atoms with van der Waals surface area (Å²) in [5.74, 6) is 1.32. The molecule has 0 bridgehead atoms. The first-order valence-electron chi connectivity index (χ1n) is 4.88. The van der Waals surface area contributed by atoms with Crippen LogP contribution in [0.15, 0.2) is 12.2 Å². The number of hydrogen-bond acceptors (Lipinski definition) is 2. The van der Waals surface area contributed by atoms with E-state index in [0.717, 1.165) is 22.8 Å². The summed E-state index contributed by atoms with van der Waals surface area (Å²) >= 11 is 0. The van der Waals surface area contributed by atoms with Gasteiger partial charge in [0, 0.05) is 11.3 Å². The maximum atomic E-state index is 4.42.